The molecule has 204 valence electrons. The molecule has 0 spiro atoms. The maximum absolute atomic E-state index is 14.1. The van der Waals surface area contributed by atoms with Crippen molar-refractivity contribution in [3.63, 3.8) is 0 Å². The first-order valence-corrected chi connectivity index (χ1v) is 13.3. The Morgan fingerprint density at radius 3 is 1.97 bits per heavy atom. The maximum Gasteiger partial charge on any atom is 0.408 e. The molecule has 0 saturated heterocycles. The molecule has 1 aromatic rings. The first kappa shape index (κ1) is 31.5. The van der Waals surface area contributed by atoms with E-state index >= 15 is 0 Å². The lowest BCUT2D eigenvalue weighted by atomic mass is 9.92. The van der Waals surface area contributed by atoms with Crippen molar-refractivity contribution in [3.8, 4) is 0 Å². The predicted octanol–water partition coefficient (Wildman–Crippen LogP) is 5.77. The molecule has 7 heteroatoms. The van der Waals surface area contributed by atoms with Gasteiger partial charge in [-0.1, -0.05) is 64.8 Å². The van der Waals surface area contributed by atoms with Crippen LogP contribution in [0.1, 0.15) is 106 Å². The molecule has 0 aliphatic carbocycles. The zero-order chi connectivity index (χ0) is 27.7. The fourth-order valence-corrected chi connectivity index (χ4v) is 3.98. The van der Waals surface area contributed by atoms with Gasteiger partial charge < -0.3 is 20.3 Å². The Morgan fingerprint density at radius 2 is 1.53 bits per heavy atom. The molecule has 1 aromatic carbocycles. The Bertz CT molecular complexity index is 851. The number of unbranched alkanes of at least 4 members (excludes halogenated alkanes) is 2. The van der Waals surface area contributed by atoms with E-state index in [-0.39, 0.29) is 17.7 Å². The van der Waals surface area contributed by atoms with Gasteiger partial charge in [-0.15, -0.1) is 0 Å². The molecule has 2 atom stereocenters. The summed E-state index contributed by atoms with van der Waals surface area (Å²) >= 11 is 0. The maximum atomic E-state index is 14.1. The number of nitrogens with zero attached hydrogens (tertiary/aromatic N) is 1. The minimum atomic E-state index is -0.857. The second kappa shape index (κ2) is 13.7. The second-order valence-corrected chi connectivity index (χ2v) is 11.7. The van der Waals surface area contributed by atoms with Crippen LogP contribution in [0.3, 0.4) is 0 Å². The van der Waals surface area contributed by atoms with Crippen molar-refractivity contribution >= 4 is 17.9 Å². The average Bonchev–Trinajstić information content (AvgIpc) is 2.76. The monoisotopic (exact) mass is 503 g/mol. The van der Waals surface area contributed by atoms with E-state index in [1.54, 1.807) is 25.7 Å². The van der Waals surface area contributed by atoms with Crippen molar-refractivity contribution in [1.29, 1.82) is 0 Å². The Hall–Kier alpha value is -2.57. The predicted molar refractivity (Wildman–Crippen MR) is 146 cm³/mol. The van der Waals surface area contributed by atoms with Crippen LogP contribution in [0.4, 0.5) is 4.79 Å². The van der Waals surface area contributed by atoms with Crippen LogP contribution >= 0.6 is 0 Å². The normalized spacial score (nSPS) is 13.6. The smallest absolute Gasteiger partial charge is 0.408 e. The lowest BCUT2D eigenvalue weighted by Gasteiger charge is -2.43. The third-order valence-electron chi connectivity index (χ3n) is 5.85. The summed E-state index contributed by atoms with van der Waals surface area (Å²) in [5.74, 6) is -0.763. The topological polar surface area (TPSA) is 87.7 Å². The van der Waals surface area contributed by atoms with Crippen molar-refractivity contribution in [2.45, 2.75) is 118 Å². The van der Waals surface area contributed by atoms with E-state index in [0.717, 1.165) is 36.8 Å². The van der Waals surface area contributed by atoms with E-state index in [1.807, 2.05) is 58.9 Å². The van der Waals surface area contributed by atoms with E-state index in [9.17, 15) is 14.4 Å². The van der Waals surface area contributed by atoms with Crippen molar-refractivity contribution < 1.29 is 19.1 Å². The third kappa shape index (κ3) is 9.82. The summed E-state index contributed by atoms with van der Waals surface area (Å²) in [4.78, 5) is 42.0. The zero-order valence-corrected chi connectivity index (χ0v) is 24.2. The van der Waals surface area contributed by atoms with E-state index in [1.165, 1.54) is 0 Å². The highest BCUT2D eigenvalue weighted by molar-refractivity contribution is 5.92. The van der Waals surface area contributed by atoms with Gasteiger partial charge in [-0.25, -0.2) is 4.79 Å². The number of hydrogen-bond donors (Lipinski definition) is 2. The van der Waals surface area contributed by atoms with Crippen LogP contribution in [0, 0.1) is 5.92 Å². The number of amides is 3. The van der Waals surface area contributed by atoms with E-state index in [0.29, 0.717) is 6.54 Å². The first-order chi connectivity index (χ1) is 16.6. The minimum absolute atomic E-state index is 0.217. The van der Waals surface area contributed by atoms with Gasteiger partial charge in [-0.2, -0.15) is 0 Å². The number of hydrogen-bond acceptors (Lipinski definition) is 4. The molecule has 0 fully saturated rings. The molecule has 7 nitrogen and oxygen atoms in total. The molecule has 2 unspecified atom stereocenters. The number of aryl methyl sites for hydroxylation is 1. The van der Waals surface area contributed by atoms with Gasteiger partial charge >= 0.3 is 6.09 Å². The van der Waals surface area contributed by atoms with Gasteiger partial charge in [0.1, 0.15) is 17.7 Å². The van der Waals surface area contributed by atoms with Gasteiger partial charge in [0.05, 0.1) is 0 Å². The van der Waals surface area contributed by atoms with E-state index in [4.69, 9.17) is 4.74 Å². The molecule has 0 heterocycles. The summed E-state index contributed by atoms with van der Waals surface area (Å²) in [6.45, 7) is 19.5. The molecule has 36 heavy (non-hydrogen) atoms. The number of alkyl carbamates (subject to hydrolysis) is 1. The largest absolute Gasteiger partial charge is 0.444 e. The summed E-state index contributed by atoms with van der Waals surface area (Å²) in [5, 5.41) is 5.81. The standard InChI is InChI=1S/C29H49N3O4/c1-11-13-14-19-30-25(33)24(22-17-15-21(12-2)16-18-22)32(28(5,6)7)26(34)23(20(3)4)31-27(35)36-29(8,9)10/h15-18,20,23-24H,11-14,19H2,1-10H3,(H,30,33)(H,31,35). The molecule has 0 aliphatic heterocycles. The first-order valence-electron chi connectivity index (χ1n) is 13.3. The molecule has 0 aromatic heterocycles. The molecule has 0 aliphatic rings. The molecular weight excluding hydrogens is 454 g/mol. The highest BCUT2D eigenvalue weighted by atomic mass is 16.6. The van der Waals surface area contributed by atoms with Crippen molar-refractivity contribution in [2.75, 3.05) is 6.54 Å². The number of nitrogens with one attached hydrogen (secondary N) is 2. The van der Waals surface area contributed by atoms with Crippen molar-refractivity contribution in [1.82, 2.24) is 15.5 Å². The Morgan fingerprint density at radius 1 is 0.944 bits per heavy atom. The summed E-state index contributed by atoms with van der Waals surface area (Å²) in [6, 6.07) is 6.14. The summed E-state index contributed by atoms with van der Waals surface area (Å²) in [5.41, 5.74) is 0.499. The fourth-order valence-electron chi connectivity index (χ4n) is 3.98. The SMILES string of the molecule is CCCCCNC(=O)C(c1ccc(CC)cc1)N(C(=O)C(NC(=O)OC(C)(C)C)C(C)C)C(C)(C)C. The molecule has 3 amide bonds. The lowest BCUT2D eigenvalue weighted by Crippen LogP contribution is -2.59. The van der Waals surface area contributed by atoms with Crippen LogP contribution in [0.2, 0.25) is 0 Å². The van der Waals surface area contributed by atoms with Crippen LogP contribution in [0.15, 0.2) is 24.3 Å². The number of carbonyl (C=O) groups excluding carboxylic acids is 3. The quantitative estimate of drug-likeness (QED) is 0.375. The van der Waals surface area contributed by atoms with Gasteiger partial charge in [-0.05, 0) is 71.4 Å². The van der Waals surface area contributed by atoms with Crippen LogP contribution in [0.25, 0.3) is 0 Å². The van der Waals surface area contributed by atoms with Crippen molar-refractivity contribution in [2.24, 2.45) is 5.92 Å². The summed E-state index contributed by atoms with van der Waals surface area (Å²) in [6.07, 6.45) is 3.17. The Balaban J connectivity index is 3.47. The molecule has 0 radical (unpaired) electrons. The highest BCUT2D eigenvalue weighted by Gasteiger charge is 2.42. The van der Waals surface area contributed by atoms with Crippen molar-refractivity contribution in [3.05, 3.63) is 35.4 Å². The fraction of sp³-hybridized carbons (Fsp3) is 0.690. The van der Waals surface area contributed by atoms with Crippen LogP contribution in [-0.4, -0.2) is 46.5 Å². The average molecular weight is 504 g/mol. The van der Waals surface area contributed by atoms with Gasteiger partial charge in [0.25, 0.3) is 0 Å². The zero-order valence-electron chi connectivity index (χ0n) is 24.2. The van der Waals surface area contributed by atoms with Crippen LogP contribution in [-0.2, 0) is 20.7 Å². The lowest BCUT2D eigenvalue weighted by molar-refractivity contribution is -0.149. The third-order valence-corrected chi connectivity index (χ3v) is 5.85. The molecule has 0 bridgehead atoms. The Labute approximate surface area is 218 Å². The second-order valence-electron chi connectivity index (χ2n) is 11.7. The van der Waals surface area contributed by atoms with Crippen LogP contribution < -0.4 is 10.6 Å². The highest BCUT2D eigenvalue weighted by Crippen LogP contribution is 2.31. The molecule has 0 saturated carbocycles. The Kier molecular flexibility index (Phi) is 11.9. The van der Waals surface area contributed by atoms with Gasteiger partial charge in [0.15, 0.2) is 0 Å². The van der Waals surface area contributed by atoms with E-state index < -0.39 is 29.3 Å². The minimum Gasteiger partial charge on any atom is -0.444 e. The number of benzene rings is 1. The number of rotatable bonds is 11. The van der Waals surface area contributed by atoms with Gasteiger partial charge in [0, 0.05) is 12.1 Å². The van der Waals surface area contributed by atoms with Crippen LogP contribution in [0.5, 0.6) is 0 Å². The van der Waals surface area contributed by atoms with E-state index in [2.05, 4.69) is 24.5 Å². The molecule has 1 rings (SSSR count). The summed E-state index contributed by atoms with van der Waals surface area (Å²) < 4.78 is 5.43. The number of ether oxygens (including phenoxy) is 1. The molecule has 2 N–H and O–H groups in total. The van der Waals surface area contributed by atoms with Gasteiger partial charge in [-0.3, -0.25) is 9.59 Å². The van der Waals surface area contributed by atoms with Gasteiger partial charge in [0.2, 0.25) is 11.8 Å². The molecular formula is C29H49N3O4. The number of carbonyl (C=O) groups is 3. The summed E-state index contributed by atoms with van der Waals surface area (Å²) in [7, 11) is 0.